The van der Waals surface area contributed by atoms with Crippen LogP contribution >= 0.6 is 11.3 Å². The Hall–Kier alpha value is -1.57. The van der Waals surface area contributed by atoms with E-state index in [0.29, 0.717) is 12.5 Å². The molecular weight excluding hydrogens is 300 g/mol. The molecule has 22 heavy (non-hydrogen) atoms. The van der Waals surface area contributed by atoms with Crippen LogP contribution < -0.4 is 5.56 Å². The van der Waals surface area contributed by atoms with E-state index in [2.05, 4.69) is 14.9 Å². The van der Waals surface area contributed by atoms with Crippen LogP contribution in [0.25, 0.3) is 0 Å². The van der Waals surface area contributed by atoms with Crippen LogP contribution in [-0.4, -0.2) is 44.2 Å². The molecule has 1 atom stereocenters. The van der Waals surface area contributed by atoms with E-state index in [1.807, 2.05) is 5.38 Å². The summed E-state index contributed by atoms with van der Waals surface area (Å²) in [4.78, 5) is 22.1. The second kappa shape index (κ2) is 7.13. The smallest absolute Gasteiger partial charge is 0.253 e. The molecule has 2 aromatic heterocycles. The van der Waals surface area contributed by atoms with Crippen molar-refractivity contribution in [2.24, 2.45) is 5.92 Å². The molecule has 0 aliphatic carbocycles. The number of aliphatic hydroxyl groups is 1. The molecule has 3 heterocycles. The number of β-amino-alcohol motifs (C(OH)–C–C–N with tert-alkyl or cyclic N) is 1. The van der Waals surface area contributed by atoms with E-state index < -0.39 is 6.10 Å². The quantitative estimate of drug-likeness (QED) is 0.895. The van der Waals surface area contributed by atoms with Crippen molar-refractivity contribution in [3.8, 4) is 0 Å². The highest BCUT2D eigenvalue weighted by Crippen LogP contribution is 2.21. The minimum absolute atomic E-state index is 0.0105. The molecule has 6 nitrogen and oxygen atoms in total. The van der Waals surface area contributed by atoms with Gasteiger partial charge in [0.1, 0.15) is 6.10 Å². The second-order valence-electron chi connectivity index (χ2n) is 5.74. The normalized spacial score (nSPS) is 18.4. The Balaban J connectivity index is 1.48. The third-order valence-corrected chi connectivity index (χ3v) is 4.78. The third kappa shape index (κ3) is 3.79. The van der Waals surface area contributed by atoms with Crippen LogP contribution in [0.2, 0.25) is 0 Å². The summed E-state index contributed by atoms with van der Waals surface area (Å²) in [5.41, 5.74) is 2.52. The van der Waals surface area contributed by atoms with E-state index in [1.165, 1.54) is 23.6 Å². The van der Waals surface area contributed by atoms with Crippen LogP contribution in [0.5, 0.6) is 0 Å². The summed E-state index contributed by atoms with van der Waals surface area (Å²) in [6.45, 7) is 3.25. The summed E-state index contributed by atoms with van der Waals surface area (Å²) in [5, 5.41) is 12.0. The minimum Gasteiger partial charge on any atom is -0.385 e. The van der Waals surface area contributed by atoms with Gasteiger partial charge in [-0.2, -0.15) is 0 Å². The van der Waals surface area contributed by atoms with Crippen molar-refractivity contribution in [2.45, 2.75) is 25.5 Å². The van der Waals surface area contributed by atoms with E-state index in [4.69, 9.17) is 0 Å². The fourth-order valence-electron chi connectivity index (χ4n) is 2.87. The number of likely N-dealkylation sites (tertiary alicyclic amines) is 1. The molecule has 0 amide bonds. The van der Waals surface area contributed by atoms with Gasteiger partial charge in [-0.3, -0.25) is 9.36 Å². The topological polar surface area (TPSA) is 71.2 Å². The van der Waals surface area contributed by atoms with Crippen LogP contribution in [0.15, 0.2) is 34.3 Å². The summed E-state index contributed by atoms with van der Waals surface area (Å²) in [5.74, 6) is 0.495. The monoisotopic (exact) mass is 320 g/mol. The van der Waals surface area contributed by atoms with Crippen molar-refractivity contribution in [2.75, 3.05) is 19.6 Å². The van der Waals surface area contributed by atoms with Gasteiger partial charge >= 0.3 is 0 Å². The molecular formula is C15H20N4O2S. The maximum absolute atomic E-state index is 11.7. The predicted molar refractivity (Wildman–Crippen MR) is 84.7 cm³/mol. The summed E-state index contributed by atoms with van der Waals surface area (Å²) in [6, 6.07) is 1.50. The molecule has 7 heteroatoms. The van der Waals surface area contributed by atoms with Gasteiger partial charge in [-0.15, -0.1) is 11.3 Å². The first kappa shape index (κ1) is 15.3. The Labute approximate surface area is 133 Å². The highest BCUT2D eigenvalue weighted by Gasteiger charge is 2.22. The molecule has 1 aliphatic heterocycles. The molecule has 0 saturated carbocycles. The molecule has 0 bridgehead atoms. The van der Waals surface area contributed by atoms with Crippen molar-refractivity contribution >= 4 is 11.3 Å². The average Bonchev–Trinajstić information content (AvgIpc) is 3.06. The number of nitrogens with zero attached hydrogens (tertiary/aromatic N) is 4. The lowest BCUT2D eigenvalue weighted by atomic mass is 9.96. The second-order valence-corrected chi connectivity index (χ2v) is 6.46. The van der Waals surface area contributed by atoms with Gasteiger partial charge in [0.15, 0.2) is 0 Å². The average molecular weight is 320 g/mol. The maximum Gasteiger partial charge on any atom is 0.253 e. The molecule has 2 aromatic rings. The number of aliphatic hydroxyl groups excluding tert-OH is 1. The Morgan fingerprint density at radius 1 is 1.41 bits per heavy atom. The van der Waals surface area contributed by atoms with Crippen molar-refractivity contribution in [1.29, 1.82) is 0 Å². The molecule has 0 aromatic carbocycles. The number of piperidine rings is 1. The van der Waals surface area contributed by atoms with Gasteiger partial charge in [-0.05, 0) is 31.8 Å². The SMILES string of the molecule is O=c1ccncn1CC1CCN(CC(O)c2cscn2)CC1. The van der Waals surface area contributed by atoms with E-state index in [1.54, 1.807) is 16.4 Å². The van der Waals surface area contributed by atoms with Crippen LogP contribution in [0, 0.1) is 5.92 Å². The molecule has 0 spiro atoms. The fraction of sp³-hybridized carbons (Fsp3) is 0.533. The molecule has 3 rings (SSSR count). The van der Waals surface area contributed by atoms with Crippen LogP contribution in [-0.2, 0) is 6.54 Å². The Kier molecular flexibility index (Phi) is 4.97. The molecule has 1 N–H and O–H groups in total. The summed E-state index contributed by atoms with van der Waals surface area (Å²) < 4.78 is 1.68. The van der Waals surface area contributed by atoms with Gasteiger partial charge in [0.05, 0.1) is 17.5 Å². The zero-order valence-corrected chi connectivity index (χ0v) is 13.2. The lowest BCUT2D eigenvalue weighted by Gasteiger charge is -2.33. The zero-order valence-electron chi connectivity index (χ0n) is 12.3. The molecule has 1 saturated heterocycles. The van der Waals surface area contributed by atoms with Gasteiger partial charge < -0.3 is 10.0 Å². The first-order valence-corrected chi connectivity index (χ1v) is 8.45. The standard InChI is InChI=1S/C15H20N4O2S/c20-14(13-9-22-11-17-13)8-18-5-2-12(3-6-18)7-19-10-16-4-1-15(19)21/h1,4,9-12,14,20H,2-3,5-8H2. The van der Waals surface area contributed by atoms with Crippen molar-refractivity contribution in [1.82, 2.24) is 19.4 Å². The van der Waals surface area contributed by atoms with Crippen molar-refractivity contribution in [3.05, 3.63) is 45.5 Å². The number of rotatable bonds is 5. The van der Waals surface area contributed by atoms with E-state index in [-0.39, 0.29) is 5.56 Å². The van der Waals surface area contributed by atoms with Gasteiger partial charge in [-0.1, -0.05) is 0 Å². The number of thiazole rings is 1. The van der Waals surface area contributed by atoms with Crippen molar-refractivity contribution < 1.29 is 5.11 Å². The Bertz CT molecular complexity index is 635. The lowest BCUT2D eigenvalue weighted by molar-refractivity contribution is 0.0843. The minimum atomic E-state index is -0.510. The Morgan fingerprint density at radius 3 is 2.91 bits per heavy atom. The number of aromatic nitrogens is 3. The van der Waals surface area contributed by atoms with Crippen LogP contribution in [0.4, 0.5) is 0 Å². The number of hydrogen-bond donors (Lipinski definition) is 1. The van der Waals surface area contributed by atoms with E-state index in [0.717, 1.165) is 38.2 Å². The van der Waals surface area contributed by atoms with Gasteiger partial charge in [0.2, 0.25) is 0 Å². The summed E-state index contributed by atoms with van der Waals surface area (Å²) >= 11 is 1.51. The summed E-state index contributed by atoms with van der Waals surface area (Å²) in [7, 11) is 0. The highest BCUT2D eigenvalue weighted by molar-refractivity contribution is 7.07. The fourth-order valence-corrected chi connectivity index (χ4v) is 3.47. The van der Waals surface area contributed by atoms with Crippen LogP contribution in [0.3, 0.4) is 0 Å². The van der Waals surface area contributed by atoms with Gasteiger partial charge in [0, 0.05) is 30.7 Å². The lowest BCUT2D eigenvalue weighted by Crippen LogP contribution is -2.38. The maximum atomic E-state index is 11.7. The zero-order chi connectivity index (χ0) is 15.4. The van der Waals surface area contributed by atoms with E-state index >= 15 is 0 Å². The largest absolute Gasteiger partial charge is 0.385 e. The van der Waals surface area contributed by atoms with E-state index in [9.17, 15) is 9.90 Å². The Morgan fingerprint density at radius 2 is 2.23 bits per heavy atom. The molecule has 118 valence electrons. The third-order valence-electron chi connectivity index (χ3n) is 4.18. The number of hydrogen-bond acceptors (Lipinski definition) is 6. The molecule has 1 aliphatic rings. The molecule has 0 radical (unpaired) electrons. The summed E-state index contributed by atoms with van der Waals surface area (Å²) in [6.07, 6.45) is 4.70. The van der Waals surface area contributed by atoms with Crippen LogP contribution in [0.1, 0.15) is 24.6 Å². The van der Waals surface area contributed by atoms with Crippen molar-refractivity contribution in [3.63, 3.8) is 0 Å². The molecule has 1 fully saturated rings. The predicted octanol–water partition coefficient (Wildman–Crippen LogP) is 1.15. The van der Waals surface area contributed by atoms with Gasteiger partial charge in [0.25, 0.3) is 5.56 Å². The van der Waals surface area contributed by atoms with Gasteiger partial charge in [-0.25, -0.2) is 9.97 Å². The molecule has 1 unspecified atom stereocenters. The first-order chi connectivity index (χ1) is 10.7. The first-order valence-electron chi connectivity index (χ1n) is 7.51. The highest BCUT2D eigenvalue weighted by atomic mass is 32.1.